The van der Waals surface area contributed by atoms with Crippen molar-refractivity contribution in [3.05, 3.63) is 0 Å². The third-order valence-corrected chi connectivity index (χ3v) is 3.37. The number of amides is 1. The largest absolute Gasteiger partial charge is 0.359 e. The Bertz CT molecular complexity index is 97.7. The molecule has 0 aromatic heterocycles. The van der Waals surface area contributed by atoms with Crippen molar-refractivity contribution < 1.29 is 4.79 Å². The van der Waals surface area contributed by atoms with Crippen LogP contribution in [0.25, 0.3) is 0 Å². The quantitative estimate of drug-likeness (QED) is 0.512. The molecule has 2 nitrogen and oxygen atoms in total. The minimum absolute atomic E-state index is 0.129. The molecule has 0 heterocycles. The van der Waals surface area contributed by atoms with E-state index in [1.165, 1.54) is 0 Å². The zero-order valence-corrected chi connectivity index (χ0v) is 7.98. The lowest BCUT2D eigenvalue weighted by Crippen LogP contribution is -2.17. The summed E-state index contributed by atoms with van der Waals surface area (Å²) in [5, 5.41) is 2.58. The van der Waals surface area contributed by atoms with Gasteiger partial charge in [-0.05, 0) is 0 Å². The van der Waals surface area contributed by atoms with Crippen LogP contribution in [-0.2, 0) is 4.79 Å². The zero-order chi connectivity index (χ0) is 7.82. The molecule has 0 bridgehead atoms. The molecule has 0 atom stereocenters. The number of hydrogen-bond acceptors (Lipinski definition) is 3. The van der Waals surface area contributed by atoms with Gasteiger partial charge in [-0.1, -0.05) is 28.5 Å². The molecular weight excluding hydrogens is 166 g/mol. The first kappa shape index (κ1) is 10.2. The molecule has 0 saturated carbocycles. The lowest BCUT2D eigenvalue weighted by atomic mass is 10.5. The second-order valence-electron chi connectivity index (χ2n) is 1.65. The van der Waals surface area contributed by atoms with Crippen LogP contribution in [0, 0.1) is 0 Å². The van der Waals surface area contributed by atoms with Gasteiger partial charge >= 0.3 is 0 Å². The fourth-order valence-electron chi connectivity index (χ4n) is 0.402. The summed E-state index contributed by atoms with van der Waals surface area (Å²) in [4.78, 5) is 10.6. The molecule has 0 spiro atoms. The van der Waals surface area contributed by atoms with E-state index >= 15 is 0 Å². The van der Waals surface area contributed by atoms with Crippen molar-refractivity contribution in [2.45, 2.75) is 13.3 Å². The molecule has 0 aliphatic heterocycles. The van der Waals surface area contributed by atoms with Crippen molar-refractivity contribution in [1.82, 2.24) is 5.32 Å². The third-order valence-electron chi connectivity index (χ3n) is 0.892. The minimum atomic E-state index is 0.129. The molecule has 0 saturated heterocycles. The van der Waals surface area contributed by atoms with E-state index in [1.54, 1.807) is 28.6 Å². The molecule has 0 aromatic carbocycles. The molecule has 0 rings (SSSR count). The highest BCUT2D eigenvalue weighted by Gasteiger charge is 1.95. The highest BCUT2D eigenvalue weighted by Crippen LogP contribution is 2.20. The van der Waals surface area contributed by atoms with E-state index in [4.69, 9.17) is 0 Å². The van der Waals surface area contributed by atoms with Gasteiger partial charge in [-0.2, -0.15) is 0 Å². The van der Waals surface area contributed by atoms with Crippen LogP contribution in [0.5, 0.6) is 0 Å². The Hall–Kier alpha value is 0.170. The SMILES string of the molecule is CCSSCCC(=O)NC. The van der Waals surface area contributed by atoms with Gasteiger partial charge in [0.1, 0.15) is 0 Å². The van der Waals surface area contributed by atoms with Crippen LogP contribution < -0.4 is 5.32 Å². The Kier molecular flexibility index (Phi) is 7.40. The van der Waals surface area contributed by atoms with Crippen LogP contribution in [0.3, 0.4) is 0 Å². The summed E-state index contributed by atoms with van der Waals surface area (Å²) in [7, 11) is 5.22. The predicted molar refractivity (Wildman–Crippen MR) is 49.3 cm³/mol. The van der Waals surface area contributed by atoms with Crippen LogP contribution in [0.2, 0.25) is 0 Å². The highest BCUT2D eigenvalue weighted by molar-refractivity contribution is 8.76. The molecule has 0 aliphatic carbocycles. The Morgan fingerprint density at radius 2 is 2.20 bits per heavy atom. The van der Waals surface area contributed by atoms with Gasteiger partial charge in [0.15, 0.2) is 0 Å². The molecule has 0 aliphatic rings. The maximum absolute atomic E-state index is 10.6. The average molecular weight is 179 g/mol. The van der Waals surface area contributed by atoms with Gasteiger partial charge in [0.05, 0.1) is 0 Å². The van der Waals surface area contributed by atoms with Crippen LogP contribution in [-0.4, -0.2) is 24.5 Å². The van der Waals surface area contributed by atoms with Gasteiger partial charge < -0.3 is 5.32 Å². The van der Waals surface area contributed by atoms with Crippen LogP contribution in [0.1, 0.15) is 13.3 Å². The molecule has 4 heteroatoms. The van der Waals surface area contributed by atoms with Crippen LogP contribution >= 0.6 is 21.6 Å². The maximum atomic E-state index is 10.6. The molecule has 0 radical (unpaired) electrons. The van der Waals surface area contributed by atoms with Gasteiger partial charge in [-0.25, -0.2) is 0 Å². The second kappa shape index (κ2) is 7.28. The minimum Gasteiger partial charge on any atom is -0.359 e. The monoisotopic (exact) mass is 179 g/mol. The average Bonchev–Trinajstić information content (AvgIpc) is 1.98. The molecule has 0 fully saturated rings. The molecule has 0 aromatic rings. The predicted octanol–water partition coefficient (Wildman–Crippen LogP) is 1.52. The summed E-state index contributed by atoms with van der Waals surface area (Å²) in [6, 6.07) is 0. The zero-order valence-electron chi connectivity index (χ0n) is 6.35. The fourth-order valence-corrected chi connectivity index (χ4v) is 2.06. The molecule has 1 N–H and O–H groups in total. The van der Waals surface area contributed by atoms with E-state index in [9.17, 15) is 4.79 Å². The van der Waals surface area contributed by atoms with Crippen molar-refractivity contribution in [3.8, 4) is 0 Å². The van der Waals surface area contributed by atoms with Crippen molar-refractivity contribution in [2.24, 2.45) is 0 Å². The van der Waals surface area contributed by atoms with Crippen molar-refractivity contribution in [1.29, 1.82) is 0 Å². The molecular formula is C6H13NOS2. The van der Waals surface area contributed by atoms with Gasteiger partial charge in [0, 0.05) is 25.0 Å². The fraction of sp³-hybridized carbons (Fsp3) is 0.833. The van der Waals surface area contributed by atoms with E-state index in [0.29, 0.717) is 6.42 Å². The summed E-state index contributed by atoms with van der Waals surface area (Å²) in [6.07, 6.45) is 0.633. The Balaban J connectivity index is 2.96. The topological polar surface area (TPSA) is 29.1 Å². The summed E-state index contributed by atoms with van der Waals surface area (Å²) in [5.74, 6) is 2.15. The van der Waals surface area contributed by atoms with E-state index in [0.717, 1.165) is 11.5 Å². The van der Waals surface area contributed by atoms with Gasteiger partial charge in [-0.15, -0.1) is 0 Å². The highest BCUT2D eigenvalue weighted by atomic mass is 33.1. The van der Waals surface area contributed by atoms with Crippen molar-refractivity contribution in [3.63, 3.8) is 0 Å². The number of hydrogen-bond donors (Lipinski definition) is 1. The maximum Gasteiger partial charge on any atom is 0.220 e. The Morgan fingerprint density at radius 3 is 2.70 bits per heavy atom. The number of nitrogens with one attached hydrogen (secondary N) is 1. The smallest absolute Gasteiger partial charge is 0.220 e. The lowest BCUT2D eigenvalue weighted by Gasteiger charge is -1.97. The third kappa shape index (κ3) is 6.29. The van der Waals surface area contributed by atoms with Crippen LogP contribution in [0.4, 0.5) is 0 Å². The van der Waals surface area contributed by atoms with E-state index in [2.05, 4.69) is 12.2 Å². The molecule has 0 unspecified atom stereocenters. The van der Waals surface area contributed by atoms with Crippen LogP contribution in [0.15, 0.2) is 0 Å². The number of carbonyl (C=O) groups is 1. The van der Waals surface area contributed by atoms with E-state index in [1.807, 2.05) is 0 Å². The summed E-state index contributed by atoms with van der Waals surface area (Å²) < 4.78 is 0. The molecule has 1 amide bonds. The Morgan fingerprint density at radius 1 is 1.50 bits per heavy atom. The van der Waals surface area contributed by atoms with Gasteiger partial charge in [0.2, 0.25) is 5.91 Å². The van der Waals surface area contributed by atoms with Crippen molar-refractivity contribution >= 4 is 27.5 Å². The summed E-state index contributed by atoms with van der Waals surface area (Å²) in [5.41, 5.74) is 0. The second-order valence-corrected chi connectivity index (χ2v) is 4.52. The normalized spacial score (nSPS) is 9.40. The first-order valence-corrected chi connectivity index (χ1v) is 5.75. The standard InChI is InChI=1S/C6H13NOS2/c1-3-9-10-5-4-6(8)7-2/h3-5H2,1-2H3,(H,7,8). The van der Waals surface area contributed by atoms with E-state index in [-0.39, 0.29) is 5.91 Å². The number of rotatable bonds is 5. The summed E-state index contributed by atoms with van der Waals surface area (Å²) >= 11 is 0. The van der Waals surface area contributed by atoms with Crippen molar-refractivity contribution in [2.75, 3.05) is 18.6 Å². The van der Waals surface area contributed by atoms with Gasteiger partial charge in [-0.3, -0.25) is 4.79 Å². The molecule has 60 valence electrons. The lowest BCUT2D eigenvalue weighted by molar-refractivity contribution is -0.120. The molecule has 10 heavy (non-hydrogen) atoms. The number of carbonyl (C=O) groups excluding carboxylic acids is 1. The first-order chi connectivity index (χ1) is 4.81. The Labute approximate surface area is 69.9 Å². The van der Waals surface area contributed by atoms with E-state index < -0.39 is 0 Å². The summed E-state index contributed by atoms with van der Waals surface area (Å²) in [6.45, 7) is 2.11. The first-order valence-electron chi connectivity index (χ1n) is 3.26. The van der Waals surface area contributed by atoms with Gasteiger partial charge in [0.25, 0.3) is 0 Å².